The molecule has 11 heavy (non-hydrogen) atoms. The summed E-state index contributed by atoms with van der Waals surface area (Å²) in [4.78, 5) is 3.99. The van der Waals surface area contributed by atoms with E-state index in [4.69, 9.17) is 4.74 Å². The third-order valence-electron chi connectivity index (χ3n) is 1.30. The number of nitrogens with zero attached hydrogens (tertiary/aromatic N) is 1. The lowest BCUT2D eigenvalue weighted by atomic mass is 10.3. The predicted octanol–water partition coefficient (Wildman–Crippen LogP) is 2.38. The van der Waals surface area contributed by atoms with E-state index in [1.54, 1.807) is 12.4 Å². The van der Waals surface area contributed by atoms with Crippen molar-refractivity contribution in [3.63, 3.8) is 0 Å². The van der Waals surface area contributed by atoms with Crippen LogP contribution in [-0.2, 0) is 5.33 Å². The summed E-state index contributed by atoms with van der Waals surface area (Å²) in [5.41, 5.74) is 1.09. The van der Waals surface area contributed by atoms with Crippen LogP contribution in [0.1, 0.15) is 12.5 Å². The van der Waals surface area contributed by atoms with Gasteiger partial charge in [-0.2, -0.15) is 0 Å². The van der Waals surface area contributed by atoms with E-state index in [0.717, 1.165) is 16.6 Å². The molecule has 1 heterocycles. The quantitative estimate of drug-likeness (QED) is 0.723. The summed E-state index contributed by atoms with van der Waals surface area (Å²) in [6, 6.07) is 1.88. The largest absolute Gasteiger partial charge is 0.493 e. The number of hydrogen-bond acceptors (Lipinski definition) is 2. The van der Waals surface area contributed by atoms with Crippen LogP contribution in [0.2, 0.25) is 0 Å². The Kier molecular flexibility index (Phi) is 3.36. The van der Waals surface area contributed by atoms with Gasteiger partial charge in [0, 0.05) is 23.3 Å². The molecule has 0 aliphatic carbocycles. The molecule has 0 atom stereocenters. The molecule has 60 valence electrons. The van der Waals surface area contributed by atoms with E-state index < -0.39 is 0 Å². The fourth-order valence-corrected chi connectivity index (χ4v) is 1.23. The highest BCUT2D eigenvalue weighted by molar-refractivity contribution is 9.08. The molecule has 1 aromatic rings. The molecule has 0 saturated carbocycles. The van der Waals surface area contributed by atoms with Gasteiger partial charge in [-0.3, -0.25) is 4.98 Å². The van der Waals surface area contributed by atoms with Crippen LogP contribution in [0.3, 0.4) is 0 Å². The van der Waals surface area contributed by atoms with Crippen LogP contribution in [0.4, 0.5) is 0 Å². The van der Waals surface area contributed by atoms with Crippen molar-refractivity contribution in [2.45, 2.75) is 12.3 Å². The Bertz CT molecular complexity index is 227. The number of rotatable bonds is 3. The van der Waals surface area contributed by atoms with Crippen molar-refractivity contribution in [3.8, 4) is 5.75 Å². The van der Waals surface area contributed by atoms with Crippen LogP contribution in [0.25, 0.3) is 0 Å². The molecule has 1 aromatic heterocycles. The molecular formula is C8H10BrNO. The predicted molar refractivity (Wildman–Crippen MR) is 48.0 cm³/mol. The molecule has 0 N–H and O–H groups in total. The smallest absolute Gasteiger partial charge is 0.126 e. The Balaban J connectivity index is 2.83. The first-order valence-electron chi connectivity index (χ1n) is 3.50. The van der Waals surface area contributed by atoms with Crippen LogP contribution in [0.15, 0.2) is 18.5 Å². The zero-order chi connectivity index (χ0) is 8.10. The molecular weight excluding hydrogens is 206 g/mol. The Hall–Kier alpha value is -0.570. The summed E-state index contributed by atoms with van der Waals surface area (Å²) in [5, 5.41) is 0.788. The number of halogens is 1. The number of alkyl halides is 1. The topological polar surface area (TPSA) is 22.1 Å². The summed E-state index contributed by atoms with van der Waals surface area (Å²) in [6.45, 7) is 2.67. The fraction of sp³-hybridized carbons (Fsp3) is 0.375. The number of ether oxygens (including phenoxy) is 1. The lowest BCUT2D eigenvalue weighted by Gasteiger charge is -2.05. The van der Waals surface area contributed by atoms with Crippen LogP contribution < -0.4 is 4.74 Å². The van der Waals surface area contributed by atoms with E-state index in [1.165, 1.54) is 0 Å². The normalized spacial score (nSPS) is 9.64. The molecule has 0 amide bonds. The van der Waals surface area contributed by atoms with Crippen molar-refractivity contribution >= 4 is 15.9 Å². The molecule has 0 aliphatic heterocycles. The summed E-state index contributed by atoms with van der Waals surface area (Å²) >= 11 is 3.36. The van der Waals surface area contributed by atoms with Crippen LogP contribution in [0, 0.1) is 0 Å². The monoisotopic (exact) mass is 215 g/mol. The van der Waals surface area contributed by atoms with Gasteiger partial charge in [0.25, 0.3) is 0 Å². The van der Waals surface area contributed by atoms with Crippen LogP contribution in [-0.4, -0.2) is 11.6 Å². The first-order chi connectivity index (χ1) is 5.38. The Morgan fingerprint density at radius 2 is 2.45 bits per heavy atom. The second-order valence-electron chi connectivity index (χ2n) is 2.05. The average molecular weight is 216 g/mol. The highest BCUT2D eigenvalue weighted by Gasteiger charge is 1.99. The van der Waals surface area contributed by atoms with Crippen molar-refractivity contribution in [2.75, 3.05) is 6.61 Å². The number of aromatic nitrogens is 1. The second kappa shape index (κ2) is 4.34. The Labute approximate surface area is 74.7 Å². The Morgan fingerprint density at radius 1 is 1.64 bits per heavy atom. The summed E-state index contributed by atoms with van der Waals surface area (Å²) in [5.74, 6) is 0.916. The van der Waals surface area contributed by atoms with E-state index in [0.29, 0.717) is 6.61 Å². The van der Waals surface area contributed by atoms with Gasteiger partial charge in [0.05, 0.1) is 6.61 Å². The lowest BCUT2D eigenvalue weighted by Crippen LogP contribution is -1.95. The first-order valence-corrected chi connectivity index (χ1v) is 4.62. The summed E-state index contributed by atoms with van der Waals surface area (Å²) in [6.07, 6.45) is 3.54. The third kappa shape index (κ3) is 2.19. The van der Waals surface area contributed by atoms with Gasteiger partial charge in [-0.25, -0.2) is 0 Å². The minimum Gasteiger partial charge on any atom is -0.493 e. The SMILES string of the molecule is CCOc1ccncc1CBr. The van der Waals surface area contributed by atoms with Crippen LogP contribution in [0.5, 0.6) is 5.75 Å². The molecule has 0 fully saturated rings. The molecule has 0 saturated heterocycles. The van der Waals surface area contributed by atoms with Gasteiger partial charge in [0.15, 0.2) is 0 Å². The van der Waals surface area contributed by atoms with Crippen molar-refractivity contribution in [1.82, 2.24) is 4.98 Å². The maximum Gasteiger partial charge on any atom is 0.126 e. The molecule has 0 spiro atoms. The van der Waals surface area contributed by atoms with Crippen molar-refractivity contribution in [3.05, 3.63) is 24.0 Å². The fourth-order valence-electron chi connectivity index (χ4n) is 0.811. The zero-order valence-electron chi connectivity index (χ0n) is 6.38. The van der Waals surface area contributed by atoms with Gasteiger partial charge in [0.2, 0.25) is 0 Å². The van der Waals surface area contributed by atoms with Crippen LogP contribution >= 0.6 is 15.9 Å². The number of pyridine rings is 1. The van der Waals surface area contributed by atoms with E-state index in [1.807, 2.05) is 13.0 Å². The van der Waals surface area contributed by atoms with E-state index in [2.05, 4.69) is 20.9 Å². The summed E-state index contributed by atoms with van der Waals surface area (Å²) in [7, 11) is 0. The molecule has 0 bridgehead atoms. The molecule has 0 unspecified atom stereocenters. The van der Waals surface area contributed by atoms with Gasteiger partial charge < -0.3 is 4.74 Å². The van der Waals surface area contributed by atoms with E-state index in [9.17, 15) is 0 Å². The molecule has 1 rings (SSSR count). The molecule has 0 aliphatic rings. The first kappa shape index (κ1) is 8.53. The van der Waals surface area contributed by atoms with E-state index >= 15 is 0 Å². The average Bonchev–Trinajstić information content (AvgIpc) is 2.06. The highest BCUT2D eigenvalue weighted by Crippen LogP contribution is 2.18. The van der Waals surface area contributed by atoms with Gasteiger partial charge in [-0.15, -0.1) is 0 Å². The second-order valence-corrected chi connectivity index (χ2v) is 2.61. The third-order valence-corrected chi connectivity index (χ3v) is 1.91. The van der Waals surface area contributed by atoms with Crippen molar-refractivity contribution in [2.24, 2.45) is 0 Å². The number of hydrogen-bond donors (Lipinski definition) is 0. The highest BCUT2D eigenvalue weighted by atomic mass is 79.9. The van der Waals surface area contributed by atoms with Crippen molar-refractivity contribution in [1.29, 1.82) is 0 Å². The lowest BCUT2D eigenvalue weighted by molar-refractivity contribution is 0.337. The van der Waals surface area contributed by atoms with Gasteiger partial charge >= 0.3 is 0 Å². The minimum absolute atomic E-state index is 0.698. The molecule has 0 aromatic carbocycles. The summed E-state index contributed by atoms with van der Waals surface area (Å²) < 4.78 is 5.36. The van der Waals surface area contributed by atoms with Gasteiger partial charge in [-0.1, -0.05) is 15.9 Å². The van der Waals surface area contributed by atoms with Gasteiger partial charge in [0.1, 0.15) is 5.75 Å². The maximum atomic E-state index is 5.36. The molecule has 3 heteroatoms. The standard InChI is InChI=1S/C8H10BrNO/c1-2-11-8-3-4-10-6-7(8)5-9/h3-4,6H,2,5H2,1H3. The molecule has 2 nitrogen and oxygen atoms in total. The molecule has 0 radical (unpaired) electrons. The van der Waals surface area contributed by atoms with Gasteiger partial charge in [-0.05, 0) is 13.0 Å². The Morgan fingerprint density at radius 3 is 3.09 bits per heavy atom. The van der Waals surface area contributed by atoms with E-state index in [-0.39, 0.29) is 0 Å². The maximum absolute atomic E-state index is 5.36. The zero-order valence-corrected chi connectivity index (χ0v) is 7.97. The van der Waals surface area contributed by atoms with Crippen molar-refractivity contribution < 1.29 is 4.74 Å². The minimum atomic E-state index is 0.698.